The van der Waals surface area contributed by atoms with Crippen molar-refractivity contribution < 1.29 is 22.5 Å². The lowest BCUT2D eigenvalue weighted by Gasteiger charge is -2.31. The smallest absolute Gasteiger partial charge is 0.310 e. The van der Waals surface area contributed by atoms with Gasteiger partial charge in [-0.25, -0.2) is 8.42 Å². The van der Waals surface area contributed by atoms with Crippen molar-refractivity contribution in [1.29, 1.82) is 0 Å². The molecule has 3 rings (SSSR count). The van der Waals surface area contributed by atoms with Crippen molar-refractivity contribution in [1.82, 2.24) is 9.46 Å². The van der Waals surface area contributed by atoms with Gasteiger partial charge in [-0.1, -0.05) is 24.4 Å². The van der Waals surface area contributed by atoms with Crippen LogP contribution in [0.1, 0.15) is 56.4 Å². The SMILES string of the molecule is Cc1noc(C)c1S(=O)(=O)N1CCCC(C(=O)OCC2CCCCC2)C1. The standard InChI is InChI=1S/C18H28N2O5S/c1-13-17(14(2)25-19-13)26(22,23)20-10-6-9-16(11-20)18(21)24-12-15-7-4-3-5-8-15/h15-16H,3-12H2,1-2H3. The maximum atomic E-state index is 12.9. The van der Waals surface area contributed by atoms with Crippen LogP contribution in [0.4, 0.5) is 0 Å². The Bertz CT molecular complexity index is 717. The Kier molecular flexibility index (Phi) is 6.02. The average Bonchev–Trinajstić information content (AvgIpc) is 2.99. The van der Waals surface area contributed by atoms with Crippen molar-refractivity contribution in [2.24, 2.45) is 11.8 Å². The monoisotopic (exact) mass is 384 g/mol. The molecule has 1 saturated carbocycles. The summed E-state index contributed by atoms with van der Waals surface area (Å²) in [6, 6.07) is 0. The molecule has 1 aliphatic heterocycles. The lowest BCUT2D eigenvalue weighted by atomic mass is 9.90. The van der Waals surface area contributed by atoms with Crippen molar-refractivity contribution in [2.45, 2.75) is 63.7 Å². The van der Waals surface area contributed by atoms with E-state index in [0.29, 0.717) is 37.6 Å². The van der Waals surface area contributed by atoms with Crippen molar-refractivity contribution >= 4 is 16.0 Å². The Balaban J connectivity index is 1.62. The number of carbonyl (C=O) groups is 1. The quantitative estimate of drug-likeness (QED) is 0.725. The summed E-state index contributed by atoms with van der Waals surface area (Å²) in [5.41, 5.74) is 0.351. The zero-order valence-electron chi connectivity index (χ0n) is 15.6. The third-order valence-corrected chi connectivity index (χ3v) is 7.58. The fourth-order valence-corrected chi connectivity index (χ4v) is 5.81. The van der Waals surface area contributed by atoms with Crippen molar-refractivity contribution in [3.05, 3.63) is 11.5 Å². The zero-order chi connectivity index (χ0) is 18.7. The Labute approximate surface area is 155 Å². The van der Waals surface area contributed by atoms with E-state index in [4.69, 9.17) is 9.26 Å². The van der Waals surface area contributed by atoms with Crippen LogP contribution in [0.5, 0.6) is 0 Å². The summed E-state index contributed by atoms with van der Waals surface area (Å²) in [7, 11) is -3.71. The largest absolute Gasteiger partial charge is 0.465 e. The number of hydrogen-bond acceptors (Lipinski definition) is 6. The Morgan fingerprint density at radius 3 is 2.58 bits per heavy atom. The van der Waals surface area contributed by atoms with Crippen LogP contribution < -0.4 is 0 Å². The number of esters is 1. The summed E-state index contributed by atoms with van der Waals surface area (Å²) >= 11 is 0. The number of carbonyl (C=O) groups excluding carboxylic acids is 1. The molecular weight excluding hydrogens is 356 g/mol. The maximum Gasteiger partial charge on any atom is 0.310 e. The van der Waals surface area contributed by atoms with Gasteiger partial charge in [0.1, 0.15) is 10.6 Å². The van der Waals surface area contributed by atoms with Gasteiger partial charge < -0.3 is 9.26 Å². The van der Waals surface area contributed by atoms with Crippen LogP contribution in [0, 0.1) is 25.7 Å². The number of sulfonamides is 1. The molecule has 0 amide bonds. The summed E-state index contributed by atoms with van der Waals surface area (Å²) in [6.07, 6.45) is 7.21. The molecule has 2 heterocycles. The minimum atomic E-state index is -3.71. The van der Waals surface area contributed by atoms with Crippen molar-refractivity contribution in [3.8, 4) is 0 Å². The molecule has 0 spiro atoms. The fraction of sp³-hybridized carbons (Fsp3) is 0.778. The van der Waals surface area contributed by atoms with Gasteiger partial charge >= 0.3 is 5.97 Å². The molecule has 0 N–H and O–H groups in total. The van der Waals surface area contributed by atoms with E-state index in [9.17, 15) is 13.2 Å². The van der Waals surface area contributed by atoms with Crippen LogP contribution in [0.15, 0.2) is 9.42 Å². The first kappa shape index (κ1) is 19.4. The van der Waals surface area contributed by atoms with E-state index in [-0.39, 0.29) is 23.2 Å². The molecule has 0 aromatic carbocycles. The molecule has 0 radical (unpaired) electrons. The van der Waals surface area contributed by atoms with Gasteiger partial charge in [0, 0.05) is 13.1 Å². The number of rotatable bonds is 5. The summed E-state index contributed by atoms with van der Waals surface area (Å²) in [5.74, 6) is 0.0692. The summed E-state index contributed by atoms with van der Waals surface area (Å²) in [5, 5.41) is 3.74. The second-order valence-corrected chi connectivity index (χ2v) is 9.36. The molecule has 26 heavy (non-hydrogen) atoms. The van der Waals surface area contributed by atoms with Crippen LogP contribution in [-0.2, 0) is 19.6 Å². The number of aryl methyl sites for hydroxylation is 2. The van der Waals surface area contributed by atoms with Gasteiger partial charge in [0.2, 0.25) is 10.0 Å². The number of aromatic nitrogens is 1. The molecule has 1 aromatic rings. The summed E-state index contributed by atoms with van der Waals surface area (Å²) in [6.45, 7) is 4.23. The first-order valence-electron chi connectivity index (χ1n) is 9.49. The molecule has 0 bridgehead atoms. The van der Waals surface area contributed by atoms with Gasteiger partial charge in [-0.05, 0) is 45.4 Å². The van der Waals surface area contributed by atoms with E-state index in [1.807, 2.05) is 0 Å². The third kappa shape index (κ3) is 4.11. The van der Waals surface area contributed by atoms with Crippen molar-refractivity contribution in [2.75, 3.05) is 19.7 Å². The highest BCUT2D eigenvalue weighted by molar-refractivity contribution is 7.89. The van der Waals surface area contributed by atoms with Gasteiger partial charge in [-0.2, -0.15) is 4.31 Å². The highest BCUT2D eigenvalue weighted by Gasteiger charge is 2.37. The van der Waals surface area contributed by atoms with E-state index in [1.54, 1.807) is 13.8 Å². The van der Waals surface area contributed by atoms with Gasteiger partial charge in [-0.3, -0.25) is 4.79 Å². The van der Waals surface area contributed by atoms with Crippen LogP contribution in [0.3, 0.4) is 0 Å². The summed E-state index contributed by atoms with van der Waals surface area (Å²) < 4.78 is 37.8. The van der Waals surface area contributed by atoms with Gasteiger partial charge in [0.25, 0.3) is 0 Å². The molecule has 146 valence electrons. The highest BCUT2D eigenvalue weighted by atomic mass is 32.2. The van der Waals surface area contributed by atoms with Gasteiger partial charge in [0.05, 0.1) is 12.5 Å². The Morgan fingerprint density at radius 2 is 1.92 bits per heavy atom. The van der Waals surface area contributed by atoms with Crippen molar-refractivity contribution in [3.63, 3.8) is 0 Å². The molecule has 1 unspecified atom stereocenters. The Morgan fingerprint density at radius 1 is 1.19 bits per heavy atom. The van der Waals surface area contributed by atoms with E-state index in [2.05, 4.69) is 5.16 Å². The molecule has 1 aliphatic carbocycles. The van der Waals surface area contributed by atoms with E-state index >= 15 is 0 Å². The van der Waals surface area contributed by atoms with E-state index in [1.165, 1.54) is 23.6 Å². The molecule has 1 aromatic heterocycles. The summed E-state index contributed by atoms with van der Waals surface area (Å²) in [4.78, 5) is 12.6. The average molecular weight is 384 g/mol. The predicted octanol–water partition coefficient (Wildman–Crippen LogP) is 2.82. The first-order chi connectivity index (χ1) is 12.4. The molecule has 1 atom stereocenters. The Hall–Kier alpha value is -1.41. The number of hydrogen-bond donors (Lipinski definition) is 0. The molecule has 7 nitrogen and oxygen atoms in total. The van der Waals surface area contributed by atoms with Gasteiger partial charge in [-0.15, -0.1) is 0 Å². The van der Waals surface area contributed by atoms with Crippen LogP contribution in [-0.4, -0.2) is 43.5 Å². The number of piperidine rings is 1. The zero-order valence-corrected chi connectivity index (χ0v) is 16.4. The van der Waals surface area contributed by atoms with Crippen LogP contribution >= 0.6 is 0 Å². The molecule has 2 aliphatic rings. The predicted molar refractivity (Wildman–Crippen MR) is 95.0 cm³/mol. The molecule has 1 saturated heterocycles. The van der Waals surface area contributed by atoms with E-state index in [0.717, 1.165) is 12.8 Å². The number of ether oxygens (including phenoxy) is 1. The topological polar surface area (TPSA) is 89.7 Å². The third-order valence-electron chi connectivity index (χ3n) is 5.47. The normalized spacial score (nSPS) is 23.1. The molecular formula is C18H28N2O5S. The fourth-order valence-electron chi connectivity index (χ4n) is 4.00. The second-order valence-electron chi connectivity index (χ2n) is 7.49. The van der Waals surface area contributed by atoms with Crippen LogP contribution in [0.2, 0.25) is 0 Å². The lowest BCUT2D eigenvalue weighted by Crippen LogP contribution is -2.43. The molecule has 8 heteroatoms. The lowest BCUT2D eigenvalue weighted by molar-refractivity contribution is -0.151. The van der Waals surface area contributed by atoms with E-state index < -0.39 is 15.9 Å². The number of nitrogens with zero attached hydrogens (tertiary/aromatic N) is 2. The highest BCUT2D eigenvalue weighted by Crippen LogP contribution is 2.29. The minimum Gasteiger partial charge on any atom is -0.465 e. The maximum absolute atomic E-state index is 12.9. The van der Waals surface area contributed by atoms with Crippen LogP contribution in [0.25, 0.3) is 0 Å². The molecule has 2 fully saturated rings. The minimum absolute atomic E-state index is 0.119. The second kappa shape index (κ2) is 8.08. The van der Waals surface area contributed by atoms with Gasteiger partial charge in [0.15, 0.2) is 5.76 Å². The first-order valence-corrected chi connectivity index (χ1v) is 10.9.